The number of rotatable bonds is 4. The Morgan fingerprint density at radius 3 is 2.61 bits per heavy atom. The van der Waals surface area contributed by atoms with E-state index in [1.165, 1.54) is 4.88 Å². The van der Waals surface area contributed by atoms with Crippen LogP contribution in [0.4, 0.5) is 0 Å². The second kappa shape index (κ2) is 5.89. The van der Waals surface area contributed by atoms with E-state index in [4.69, 9.17) is 14.8 Å². The van der Waals surface area contributed by atoms with Crippen molar-refractivity contribution in [1.29, 1.82) is 0 Å². The summed E-state index contributed by atoms with van der Waals surface area (Å²) in [7, 11) is 1.62. The van der Waals surface area contributed by atoms with E-state index < -0.39 is 5.97 Å². The van der Waals surface area contributed by atoms with Crippen LogP contribution in [0.25, 0.3) is 22.3 Å². The van der Waals surface area contributed by atoms with Crippen LogP contribution in [0.2, 0.25) is 0 Å². The zero-order chi connectivity index (χ0) is 16.6. The molecule has 2 heterocycles. The van der Waals surface area contributed by atoms with Gasteiger partial charge in [0.1, 0.15) is 5.75 Å². The number of aryl methyl sites for hydroxylation is 2. The third-order valence-corrected chi connectivity index (χ3v) is 4.78. The summed E-state index contributed by atoms with van der Waals surface area (Å²) in [5.41, 5.74) is 3.53. The maximum absolute atomic E-state index is 10.9. The molecule has 0 aliphatic carbocycles. The van der Waals surface area contributed by atoms with Gasteiger partial charge < -0.3 is 9.84 Å². The lowest BCUT2D eigenvalue weighted by molar-refractivity contribution is -0.131. The first-order valence-corrected chi connectivity index (χ1v) is 7.86. The summed E-state index contributed by atoms with van der Waals surface area (Å²) in [5, 5.41) is 8.96. The van der Waals surface area contributed by atoms with E-state index in [1.54, 1.807) is 24.5 Å². The summed E-state index contributed by atoms with van der Waals surface area (Å²) < 4.78 is 7.18. The molecule has 5 nitrogen and oxygen atoms in total. The fraction of sp³-hybridized carbons (Fsp3) is 0.176. The highest BCUT2D eigenvalue weighted by Crippen LogP contribution is 2.32. The molecule has 2 aromatic heterocycles. The number of fused-ring (bicyclic) bond motifs is 1. The van der Waals surface area contributed by atoms with Gasteiger partial charge in [0.15, 0.2) is 4.96 Å². The standard InChI is InChI=1S/C17H16N2O3S/c1-10-11(2)23-17-18-16(12-4-6-13(22-3)7-5-12)14(19(10)17)8-9-15(20)21/h4-9H,1-3H3,(H,20,21)/b9-8+. The molecule has 0 atom stereocenters. The minimum atomic E-state index is -0.981. The van der Waals surface area contributed by atoms with Crippen LogP contribution in [-0.2, 0) is 4.79 Å². The van der Waals surface area contributed by atoms with Crippen LogP contribution in [-0.4, -0.2) is 27.6 Å². The number of hydrogen-bond acceptors (Lipinski definition) is 4. The summed E-state index contributed by atoms with van der Waals surface area (Å²) in [6, 6.07) is 7.58. The van der Waals surface area contributed by atoms with Crippen LogP contribution in [0.15, 0.2) is 30.3 Å². The molecule has 23 heavy (non-hydrogen) atoms. The van der Waals surface area contributed by atoms with Crippen molar-refractivity contribution in [3.63, 3.8) is 0 Å². The minimum Gasteiger partial charge on any atom is -0.497 e. The van der Waals surface area contributed by atoms with Gasteiger partial charge in [-0.2, -0.15) is 0 Å². The molecule has 0 aliphatic heterocycles. The molecule has 0 saturated heterocycles. The van der Waals surface area contributed by atoms with Crippen molar-refractivity contribution in [3.8, 4) is 17.0 Å². The number of carboxylic acids is 1. The number of carbonyl (C=O) groups is 1. The number of thiazole rings is 1. The molecule has 0 fully saturated rings. The molecular formula is C17H16N2O3S. The largest absolute Gasteiger partial charge is 0.497 e. The van der Waals surface area contributed by atoms with Crippen molar-refractivity contribution in [2.45, 2.75) is 13.8 Å². The predicted octanol–water partition coefficient (Wildman–Crippen LogP) is 3.79. The number of hydrogen-bond donors (Lipinski definition) is 1. The minimum absolute atomic E-state index is 0.763. The van der Waals surface area contributed by atoms with E-state index in [1.807, 2.05) is 42.5 Å². The van der Waals surface area contributed by atoms with Gasteiger partial charge in [-0.25, -0.2) is 9.78 Å². The first-order valence-electron chi connectivity index (χ1n) is 7.05. The quantitative estimate of drug-likeness (QED) is 0.740. The first-order chi connectivity index (χ1) is 11.0. The van der Waals surface area contributed by atoms with Gasteiger partial charge in [-0.3, -0.25) is 4.40 Å². The number of benzene rings is 1. The maximum Gasteiger partial charge on any atom is 0.328 e. The Bertz CT molecular complexity index is 904. The Balaban J connectivity index is 2.22. The second-order valence-corrected chi connectivity index (χ2v) is 6.29. The highest BCUT2D eigenvalue weighted by Gasteiger charge is 2.17. The number of aliphatic carboxylic acids is 1. The van der Waals surface area contributed by atoms with Crippen molar-refractivity contribution in [2.24, 2.45) is 0 Å². The number of imidazole rings is 1. The molecule has 3 aromatic rings. The summed E-state index contributed by atoms with van der Waals surface area (Å²) in [6.07, 6.45) is 2.74. The molecule has 1 N–H and O–H groups in total. The Morgan fingerprint density at radius 1 is 1.30 bits per heavy atom. The average Bonchev–Trinajstić information content (AvgIpc) is 3.02. The van der Waals surface area contributed by atoms with Gasteiger partial charge in [-0.1, -0.05) is 0 Å². The Morgan fingerprint density at radius 2 is 2.00 bits per heavy atom. The zero-order valence-electron chi connectivity index (χ0n) is 13.0. The fourth-order valence-corrected chi connectivity index (χ4v) is 3.41. The van der Waals surface area contributed by atoms with E-state index in [-0.39, 0.29) is 0 Å². The Kier molecular flexibility index (Phi) is 3.92. The van der Waals surface area contributed by atoms with Crippen LogP contribution >= 0.6 is 11.3 Å². The van der Waals surface area contributed by atoms with Crippen LogP contribution in [0.1, 0.15) is 16.3 Å². The van der Waals surface area contributed by atoms with Crippen molar-refractivity contribution >= 4 is 28.3 Å². The van der Waals surface area contributed by atoms with Crippen molar-refractivity contribution in [1.82, 2.24) is 9.38 Å². The summed E-state index contributed by atoms with van der Waals surface area (Å²) in [4.78, 5) is 17.6. The summed E-state index contributed by atoms with van der Waals surface area (Å²) >= 11 is 1.60. The Labute approximate surface area is 137 Å². The molecule has 0 unspecified atom stereocenters. The zero-order valence-corrected chi connectivity index (χ0v) is 13.8. The molecule has 1 aromatic carbocycles. The topological polar surface area (TPSA) is 63.8 Å². The van der Waals surface area contributed by atoms with E-state index in [2.05, 4.69) is 0 Å². The number of carboxylic acid groups (broad SMARTS) is 1. The number of ether oxygens (including phenoxy) is 1. The molecule has 0 amide bonds. The monoisotopic (exact) mass is 328 g/mol. The highest BCUT2D eigenvalue weighted by molar-refractivity contribution is 7.17. The SMILES string of the molecule is COc1ccc(-c2nc3sc(C)c(C)n3c2/C=C/C(=O)O)cc1. The van der Waals surface area contributed by atoms with E-state index in [0.29, 0.717) is 0 Å². The van der Waals surface area contributed by atoms with Crippen molar-refractivity contribution in [3.05, 3.63) is 46.6 Å². The lowest BCUT2D eigenvalue weighted by atomic mass is 10.1. The van der Waals surface area contributed by atoms with Gasteiger partial charge in [0, 0.05) is 22.2 Å². The van der Waals surface area contributed by atoms with Gasteiger partial charge in [-0.05, 0) is 44.2 Å². The molecule has 6 heteroatoms. The normalized spacial score (nSPS) is 11.4. The second-order valence-electron chi connectivity index (χ2n) is 5.11. The molecule has 3 rings (SSSR count). The number of methoxy groups -OCH3 is 1. The van der Waals surface area contributed by atoms with Crippen LogP contribution < -0.4 is 4.74 Å². The predicted molar refractivity (Wildman–Crippen MR) is 91.2 cm³/mol. The summed E-state index contributed by atoms with van der Waals surface area (Å²) in [6.45, 7) is 4.04. The molecule has 0 bridgehead atoms. The molecule has 0 spiro atoms. The lowest BCUT2D eigenvalue weighted by Gasteiger charge is -2.03. The van der Waals surface area contributed by atoms with Crippen LogP contribution in [0.3, 0.4) is 0 Å². The molecule has 0 saturated carbocycles. The lowest BCUT2D eigenvalue weighted by Crippen LogP contribution is -1.93. The third kappa shape index (κ3) is 2.73. The fourth-order valence-electron chi connectivity index (χ4n) is 2.44. The van der Waals surface area contributed by atoms with Crippen molar-refractivity contribution in [2.75, 3.05) is 7.11 Å². The van der Waals surface area contributed by atoms with Crippen LogP contribution in [0.5, 0.6) is 5.75 Å². The Hall–Kier alpha value is -2.60. The van der Waals surface area contributed by atoms with E-state index in [0.717, 1.165) is 39.4 Å². The van der Waals surface area contributed by atoms with Gasteiger partial charge in [0.05, 0.1) is 18.5 Å². The maximum atomic E-state index is 10.9. The third-order valence-electron chi connectivity index (χ3n) is 3.72. The smallest absolute Gasteiger partial charge is 0.328 e. The molecule has 0 aliphatic rings. The number of nitrogens with zero attached hydrogens (tertiary/aromatic N) is 2. The molecular weight excluding hydrogens is 312 g/mol. The van der Waals surface area contributed by atoms with Gasteiger partial charge in [0.2, 0.25) is 0 Å². The van der Waals surface area contributed by atoms with Crippen LogP contribution in [0, 0.1) is 13.8 Å². The van der Waals surface area contributed by atoms with Gasteiger partial charge in [-0.15, -0.1) is 11.3 Å². The van der Waals surface area contributed by atoms with Crippen molar-refractivity contribution < 1.29 is 14.6 Å². The number of aromatic nitrogens is 2. The van der Waals surface area contributed by atoms with E-state index >= 15 is 0 Å². The highest BCUT2D eigenvalue weighted by atomic mass is 32.1. The molecule has 0 radical (unpaired) electrons. The average molecular weight is 328 g/mol. The first kappa shape index (κ1) is 15.3. The van der Waals surface area contributed by atoms with E-state index in [9.17, 15) is 4.79 Å². The summed E-state index contributed by atoms with van der Waals surface area (Å²) in [5.74, 6) is -0.213. The van der Waals surface area contributed by atoms with Gasteiger partial charge in [0.25, 0.3) is 0 Å². The molecule has 118 valence electrons. The van der Waals surface area contributed by atoms with Gasteiger partial charge >= 0.3 is 5.97 Å².